The van der Waals surface area contributed by atoms with Crippen molar-refractivity contribution in [3.8, 4) is 0 Å². The van der Waals surface area contributed by atoms with E-state index in [0.29, 0.717) is 4.75 Å². The van der Waals surface area contributed by atoms with Gasteiger partial charge in [0.25, 0.3) is 0 Å². The van der Waals surface area contributed by atoms with Gasteiger partial charge < -0.3 is 9.47 Å². The molecule has 0 rings (SSSR count). The van der Waals surface area contributed by atoms with E-state index < -0.39 is 14.6 Å². The first-order chi connectivity index (χ1) is 9.87. The van der Waals surface area contributed by atoms with Gasteiger partial charge in [0.1, 0.15) is 5.94 Å². The number of hydrogen-bond donors (Lipinski definition) is 1. The maximum absolute atomic E-state index is 11.1. The van der Waals surface area contributed by atoms with Crippen molar-refractivity contribution in [2.45, 2.75) is 76.6 Å². The summed E-state index contributed by atoms with van der Waals surface area (Å²) in [6.07, 6.45) is 0. The SMILES string of the molecule is CC(C)(C)S.COCS(=O)(=O)C(C)(C)C.COCSC(C)(C)C. The summed E-state index contributed by atoms with van der Waals surface area (Å²) in [5, 5.41) is 0. The Kier molecular flexibility index (Phi) is 14.8. The van der Waals surface area contributed by atoms with Crippen LogP contribution in [0, 0.1) is 0 Å². The zero-order valence-electron chi connectivity index (χ0n) is 16.8. The standard InChI is InChI=1S/C6H14O3S.C6H14OS.C4H10S/c1-6(2,3)10(7,8)5-9-4;1-6(2,3)8-5-7-4;1-4(2,3)5/h5H2,1-4H3;5H2,1-4H3;5H,1-3H3. The number of sulfone groups is 1. The summed E-state index contributed by atoms with van der Waals surface area (Å²) in [5.74, 6) is 0.597. The van der Waals surface area contributed by atoms with Crippen molar-refractivity contribution < 1.29 is 17.9 Å². The van der Waals surface area contributed by atoms with Gasteiger partial charge in [-0.3, -0.25) is 0 Å². The molecule has 23 heavy (non-hydrogen) atoms. The largest absolute Gasteiger partial charge is 0.374 e. The molecule has 0 bridgehead atoms. The quantitative estimate of drug-likeness (QED) is 0.560. The second-order valence-electron chi connectivity index (χ2n) is 7.97. The molecule has 0 atom stereocenters. The van der Waals surface area contributed by atoms with Crippen LogP contribution in [0.5, 0.6) is 0 Å². The molecule has 0 N–H and O–H groups in total. The number of thioether (sulfide) groups is 1. The lowest BCUT2D eigenvalue weighted by Crippen LogP contribution is -2.30. The van der Waals surface area contributed by atoms with E-state index in [1.807, 2.05) is 11.8 Å². The smallest absolute Gasteiger partial charge is 0.179 e. The van der Waals surface area contributed by atoms with Crippen LogP contribution >= 0.6 is 24.4 Å². The van der Waals surface area contributed by atoms with Gasteiger partial charge in [-0.25, -0.2) is 8.42 Å². The highest BCUT2D eigenvalue weighted by Gasteiger charge is 2.28. The molecular formula is C16H38O4S3. The summed E-state index contributed by atoms with van der Waals surface area (Å²) in [5.41, 5.74) is 0. The zero-order chi connectivity index (χ0) is 19.5. The Morgan fingerprint density at radius 2 is 1.22 bits per heavy atom. The first-order valence-corrected chi connectivity index (χ1v) is 10.5. The molecule has 4 nitrogen and oxygen atoms in total. The summed E-state index contributed by atoms with van der Waals surface area (Å²) in [6.45, 7) is 17.6. The van der Waals surface area contributed by atoms with E-state index in [1.165, 1.54) is 7.11 Å². The van der Waals surface area contributed by atoms with E-state index in [2.05, 4.69) is 58.9 Å². The van der Waals surface area contributed by atoms with Crippen LogP contribution in [0.4, 0.5) is 0 Å². The van der Waals surface area contributed by atoms with Crippen molar-refractivity contribution in [2.24, 2.45) is 0 Å². The highest BCUT2D eigenvalue weighted by molar-refractivity contribution is 8.00. The molecule has 0 saturated heterocycles. The van der Waals surface area contributed by atoms with Crippen molar-refractivity contribution in [3.05, 3.63) is 0 Å². The third-order valence-electron chi connectivity index (χ3n) is 1.82. The average molecular weight is 391 g/mol. The Morgan fingerprint density at radius 3 is 1.30 bits per heavy atom. The molecule has 0 aliphatic carbocycles. The van der Waals surface area contributed by atoms with E-state index in [-0.39, 0.29) is 10.7 Å². The molecule has 0 aliphatic rings. The van der Waals surface area contributed by atoms with Crippen LogP contribution in [-0.2, 0) is 19.3 Å². The monoisotopic (exact) mass is 390 g/mol. The van der Waals surface area contributed by atoms with Crippen LogP contribution in [0.1, 0.15) is 62.3 Å². The minimum Gasteiger partial charge on any atom is -0.374 e. The summed E-state index contributed by atoms with van der Waals surface area (Å²) in [6, 6.07) is 0. The summed E-state index contributed by atoms with van der Waals surface area (Å²) < 4.78 is 31.5. The van der Waals surface area contributed by atoms with Gasteiger partial charge in [-0.1, -0.05) is 41.5 Å². The lowest BCUT2D eigenvalue weighted by molar-refractivity contribution is 0.247. The van der Waals surface area contributed by atoms with E-state index >= 15 is 0 Å². The van der Waals surface area contributed by atoms with Gasteiger partial charge in [0, 0.05) is 23.7 Å². The van der Waals surface area contributed by atoms with E-state index in [9.17, 15) is 8.42 Å². The van der Waals surface area contributed by atoms with Gasteiger partial charge >= 0.3 is 0 Å². The second kappa shape index (κ2) is 12.0. The van der Waals surface area contributed by atoms with Crippen molar-refractivity contribution in [1.82, 2.24) is 0 Å². The van der Waals surface area contributed by atoms with Crippen LogP contribution in [0.15, 0.2) is 0 Å². The lowest BCUT2D eigenvalue weighted by Gasteiger charge is -2.17. The van der Waals surface area contributed by atoms with Crippen LogP contribution < -0.4 is 0 Å². The molecule has 7 heteroatoms. The van der Waals surface area contributed by atoms with Crippen LogP contribution in [0.3, 0.4) is 0 Å². The summed E-state index contributed by atoms with van der Waals surface area (Å²) in [4.78, 5) is 0. The average Bonchev–Trinajstić information content (AvgIpc) is 2.22. The fourth-order valence-electron chi connectivity index (χ4n) is 0.568. The Bertz CT molecular complexity index is 366. The van der Waals surface area contributed by atoms with Gasteiger partial charge in [0.15, 0.2) is 9.84 Å². The molecule has 0 spiro atoms. The van der Waals surface area contributed by atoms with Crippen molar-refractivity contribution in [1.29, 1.82) is 0 Å². The number of rotatable bonds is 4. The van der Waals surface area contributed by atoms with Crippen molar-refractivity contribution in [3.63, 3.8) is 0 Å². The highest BCUT2D eigenvalue weighted by atomic mass is 32.2. The molecule has 0 aromatic carbocycles. The zero-order valence-corrected chi connectivity index (χ0v) is 19.3. The Balaban J connectivity index is -0.000000276. The lowest BCUT2D eigenvalue weighted by atomic mass is 10.3. The normalized spacial score (nSPS) is 12.7. The fourth-order valence-corrected chi connectivity index (χ4v) is 1.70. The number of ether oxygens (including phenoxy) is 2. The molecule has 144 valence electrons. The molecule has 0 amide bonds. The first-order valence-electron chi connectivity index (χ1n) is 7.44. The Hall–Kier alpha value is 0.570. The third kappa shape index (κ3) is 27.7. The molecule has 0 aromatic heterocycles. The highest BCUT2D eigenvalue weighted by Crippen LogP contribution is 2.22. The van der Waals surface area contributed by atoms with E-state index in [1.54, 1.807) is 27.9 Å². The van der Waals surface area contributed by atoms with E-state index in [4.69, 9.17) is 4.74 Å². The molecule has 0 unspecified atom stereocenters. The minimum absolute atomic E-state index is 0.194. The molecule has 0 heterocycles. The summed E-state index contributed by atoms with van der Waals surface area (Å²) >= 11 is 5.93. The molecule has 0 saturated carbocycles. The fraction of sp³-hybridized carbons (Fsp3) is 1.00. The van der Waals surface area contributed by atoms with Gasteiger partial charge in [-0.2, -0.15) is 12.6 Å². The Labute approximate surface area is 154 Å². The second-order valence-corrected chi connectivity index (χ2v) is 13.7. The third-order valence-corrected chi connectivity index (χ3v) is 5.45. The van der Waals surface area contributed by atoms with Crippen molar-refractivity contribution >= 4 is 34.2 Å². The van der Waals surface area contributed by atoms with Crippen LogP contribution in [0.25, 0.3) is 0 Å². The summed E-state index contributed by atoms with van der Waals surface area (Å²) in [7, 11) is 0.0292. The van der Waals surface area contributed by atoms with Crippen molar-refractivity contribution in [2.75, 3.05) is 26.1 Å². The number of thiol groups is 1. The maximum atomic E-state index is 11.1. The van der Waals surface area contributed by atoms with Gasteiger partial charge in [0.05, 0.1) is 10.7 Å². The first kappa shape index (κ1) is 28.4. The molecule has 0 aromatic rings. The minimum atomic E-state index is -3.07. The van der Waals surface area contributed by atoms with E-state index in [0.717, 1.165) is 5.94 Å². The molecule has 0 radical (unpaired) electrons. The maximum Gasteiger partial charge on any atom is 0.179 e. The van der Waals surface area contributed by atoms with Gasteiger partial charge in [0.2, 0.25) is 0 Å². The van der Waals surface area contributed by atoms with Crippen LogP contribution in [-0.4, -0.2) is 48.8 Å². The molecular weight excluding hydrogens is 352 g/mol. The number of hydrogen-bond acceptors (Lipinski definition) is 6. The topological polar surface area (TPSA) is 52.6 Å². The predicted octanol–water partition coefficient (Wildman–Crippen LogP) is 4.64. The molecule has 0 fully saturated rings. The predicted molar refractivity (Wildman–Crippen MR) is 109 cm³/mol. The number of methoxy groups -OCH3 is 2. The van der Waals surface area contributed by atoms with Crippen LogP contribution in [0.2, 0.25) is 0 Å². The Morgan fingerprint density at radius 1 is 0.870 bits per heavy atom. The molecule has 0 aliphatic heterocycles. The van der Waals surface area contributed by atoms with Gasteiger partial charge in [-0.15, -0.1) is 11.8 Å². The van der Waals surface area contributed by atoms with Gasteiger partial charge in [-0.05, 0) is 20.8 Å².